The summed E-state index contributed by atoms with van der Waals surface area (Å²) in [6.07, 6.45) is 1.40. The molecule has 1 N–H and O–H groups in total. The maximum Gasteiger partial charge on any atom is 0.289 e. The smallest absolute Gasteiger partial charge is 0.289 e. The first kappa shape index (κ1) is 13.1. The highest BCUT2D eigenvalue weighted by Gasteiger charge is 2.16. The molecule has 1 amide bonds. The molecular formula is C12H9ClN2O4. The van der Waals surface area contributed by atoms with Crippen LogP contribution in [-0.4, -0.2) is 10.8 Å². The predicted molar refractivity (Wildman–Crippen MR) is 69.5 cm³/mol. The second-order valence-electron chi connectivity index (χ2n) is 3.77. The number of hydrogen-bond acceptors (Lipinski definition) is 4. The number of anilines is 1. The van der Waals surface area contributed by atoms with Crippen molar-refractivity contribution in [3.63, 3.8) is 0 Å². The van der Waals surface area contributed by atoms with E-state index in [9.17, 15) is 14.9 Å². The van der Waals surface area contributed by atoms with Gasteiger partial charge in [0.05, 0.1) is 16.7 Å². The minimum absolute atomic E-state index is 0.0162. The monoisotopic (exact) mass is 280 g/mol. The van der Waals surface area contributed by atoms with Crippen molar-refractivity contribution in [2.45, 2.75) is 6.92 Å². The van der Waals surface area contributed by atoms with E-state index in [2.05, 4.69) is 5.32 Å². The second kappa shape index (κ2) is 5.11. The van der Waals surface area contributed by atoms with Crippen molar-refractivity contribution in [3.05, 3.63) is 57.0 Å². The largest absolute Gasteiger partial charge is 0.469 e. The molecule has 0 aliphatic heterocycles. The van der Waals surface area contributed by atoms with Crippen molar-refractivity contribution in [1.82, 2.24) is 0 Å². The first-order valence-corrected chi connectivity index (χ1v) is 5.66. The van der Waals surface area contributed by atoms with Crippen LogP contribution in [0, 0.1) is 17.0 Å². The van der Waals surface area contributed by atoms with E-state index in [1.54, 1.807) is 6.92 Å². The van der Waals surface area contributed by atoms with Gasteiger partial charge in [0.1, 0.15) is 10.8 Å². The summed E-state index contributed by atoms with van der Waals surface area (Å²) < 4.78 is 5.01. The first-order chi connectivity index (χ1) is 8.99. The Morgan fingerprint density at radius 2 is 2.16 bits per heavy atom. The van der Waals surface area contributed by atoms with E-state index in [0.29, 0.717) is 17.0 Å². The molecule has 0 radical (unpaired) electrons. The van der Waals surface area contributed by atoms with Gasteiger partial charge < -0.3 is 9.73 Å². The Morgan fingerprint density at radius 1 is 1.42 bits per heavy atom. The number of hydrogen-bond donors (Lipinski definition) is 1. The summed E-state index contributed by atoms with van der Waals surface area (Å²) in [7, 11) is 0. The molecule has 0 saturated carbocycles. The van der Waals surface area contributed by atoms with Crippen molar-refractivity contribution in [3.8, 4) is 0 Å². The molecule has 7 heteroatoms. The molecule has 0 aliphatic carbocycles. The van der Waals surface area contributed by atoms with Crippen LogP contribution in [0.3, 0.4) is 0 Å². The Morgan fingerprint density at radius 3 is 2.74 bits per heavy atom. The van der Waals surface area contributed by atoms with Crippen molar-refractivity contribution in [1.29, 1.82) is 0 Å². The fourth-order valence-corrected chi connectivity index (χ4v) is 1.74. The number of nitrogens with one attached hydrogen (secondary N) is 1. The second-order valence-corrected chi connectivity index (χ2v) is 4.18. The van der Waals surface area contributed by atoms with Crippen molar-refractivity contribution in [2.75, 3.05) is 5.32 Å². The zero-order valence-corrected chi connectivity index (χ0v) is 10.6. The Bertz CT molecular complexity index is 651. The quantitative estimate of drug-likeness (QED) is 0.689. The zero-order chi connectivity index (χ0) is 14.0. The Kier molecular flexibility index (Phi) is 3.52. The van der Waals surface area contributed by atoms with E-state index in [-0.39, 0.29) is 10.7 Å². The number of aryl methyl sites for hydroxylation is 1. The maximum absolute atomic E-state index is 11.9. The lowest BCUT2D eigenvalue weighted by Crippen LogP contribution is -2.12. The highest BCUT2D eigenvalue weighted by Crippen LogP contribution is 2.27. The van der Waals surface area contributed by atoms with Crippen molar-refractivity contribution >= 4 is 28.9 Å². The lowest BCUT2D eigenvalue weighted by molar-refractivity contribution is -0.384. The van der Waals surface area contributed by atoms with Crippen LogP contribution in [0.25, 0.3) is 0 Å². The van der Waals surface area contributed by atoms with Crippen molar-refractivity contribution < 1.29 is 14.1 Å². The standard InChI is InChI=1S/C12H9ClN2O4/c1-7-9(4-5-19-7)12(16)14-8-2-3-10(13)11(6-8)15(17)18/h2-6H,1H3,(H,14,16). The molecule has 1 aromatic carbocycles. The minimum atomic E-state index is -0.610. The van der Waals surface area contributed by atoms with Crippen LogP contribution in [0.2, 0.25) is 5.02 Å². The average molecular weight is 281 g/mol. The molecule has 0 aliphatic rings. The summed E-state index contributed by atoms with van der Waals surface area (Å²) in [5, 5.41) is 13.3. The number of furan rings is 1. The van der Waals surface area contributed by atoms with Gasteiger partial charge in [0.25, 0.3) is 11.6 Å². The maximum atomic E-state index is 11.9. The Balaban J connectivity index is 2.25. The number of carbonyl (C=O) groups is 1. The summed E-state index contributed by atoms with van der Waals surface area (Å²) >= 11 is 5.68. The first-order valence-electron chi connectivity index (χ1n) is 5.28. The molecule has 1 heterocycles. The number of benzene rings is 1. The molecule has 0 unspecified atom stereocenters. The van der Waals surface area contributed by atoms with E-state index >= 15 is 0 Å². The third-order valence-electron chi connectivity index (χ3n) is 2.50. The number of halogens is 1. The Hall–Kier alpha value is -2.34. The van der Waals surface area contributed by atoms with Crippen LogP contribution in [0.4, 0.5) is 11.4 Å². The number of rotatable bonds is 3. The van der Waals surface area contributed by atoms with E-state index in [1.165, 1.54) is 30.5 Å². The number of carbonyl (C=O) groups excluding carboxylic acids is 1. The molecule has 0 atom stereocenters. The van der Waals surface area contributed by atoms with Gasteiger partial charge in [-0.05, 0) is 25.1 Å². The molecule has 1 aromatic heterocycles. The normalized spacial score (nSPS) is 10.2. The topological polar surface area (TPSA) is 85.4 Å². The summed E-state index contributed by atoms with van der Waals surface area (Å²) in [6.45, 7) is 1.65. The molecule has 0 saturated heterocycles. The molecule has 0 bridgehead atoms. The summed E-state index contributed by atoms with van der Waals surface area (Å²) in [6, 6.07) is 5.57. The average Bonchev–Trinajstić information content (AvgIpc) is 2.77. The number of nitrogens with zero attached hydrogens (tertiary/aromatic N) is 1. The van der Waals surface area contributed by atoms with Gasteiger partial charge in [0.2, 0.25) is 0 Å². The summed E-state index contributed by atoms with van der Waals surface area (Å²) in [5.41, 5.74) is 0.405. The number of nitro groups is 1. The number of nitro benzene ring substituents is 1. The van der Waals surface area contributed by atoms with Crippen LogP contribution in [0.15, 0.2) is 34.9 Å². The molecule has 0 spiro atoms. The fourth-order valence-electron chi connectivity index (χ4n) is 1.55. The van der Waals surface area contributed by atoms with Crippen molar-refractivity contribution in [2.24, 2.45) is 0 Å². The van der Waals surface area contributed by atoms with Gasteiger partial charge in [-0.15, -0.1) is 0 Å². The molecule has 19 heavy (non-hydrogen) atoms. The Labute approximate surface area is 113 Å². The van der Waals surface area contributed by atoms with Crippen LogP contribution < -0.4 is 5.32 Å². The number of amides is 1. The molecule has 0 fully saturated rings. The lowest BCUT2D eigenvalue weighted by Gasteiger charge is -2.04. The van der Waals surface area contributed by atoms with E-state index in [0.717, 1.165) is 0 Å². The SMILES string of the molecule is Cc1occc1C(=O)Nc1ccc(Cl)c([N+](=O)[O-])c1. The van der Waals surface area contributed by atoms with E-state index in [4.69, 9.17) is 16.0 Å². The molecule has 2 aromatic rings. The van der Waals surface area contributed by atoms with Gasteiger partial charge in [0, 0.05) is 11.8 Å². The molecule has 98 valence electrons. The minimum Gasteiger partial charge on any atom is -0.469 e. The molecule has 6 nitrogen and oxygen atoms in total. The zero-order valence-electron chi connectivity index (χ0n) is 9.84. The van der Waals surface area contributed by atoms with Crippen LogP contribution >= 0.6 is 11.6 Å². The lowest BCUT2D eigenvalue weighted by atomic mass is 10.2. The van der Waals surface area contributed by atoms with Gasteiger partial charge in [-0.1, -0.05) is 11.6 Å². The van der Waals surface area contributed by atoms with Gasteiger partial charge >= 0.3 is 0 Å². The molecule has 2 rings (SSSR count). The van der Waals surface area contributed by atoms with Gasteiger partial charge in [0.15, 0.2) is 0 Å². The highest BCUT2D eigenvalue weighted by molar-refractivity contribution is 6.32. The third kappa shape index (κ3) is 2.74. The highest BCUT2D eigenvalue weighted by atomic mass is 35.5. The van der Waals surface area contributed by atoms with E-state index < -0.39 is 10.8 Å². The summed E-state index contributed by atoms with van der Waals surface area (Å²) in [5.74, 6) is 0.0730. The third-order valence-corrected chi connectivity index (χ3v) is 2.82. The fraction of sp³-hybridized carbons (Fsp3) is 0.0833. The van der Waals surface area contributed by atoms with Gasteiger partial charge in [-0.3, -0.25) is 14.9 Å². The van der Waals surface area contributed by atoms with Crippen LogP contribution in [-0.2, 0) is 0 Å². The van der Waals surface area contributed by atoms with Crippen LogP contribution in [0.5, 0.6) is 0 Å². The van der Waals surface area contributed by atoms with Gasteiger partial charge in [-0.25, -0.2) is 0 Å². The van der Waals surface area contributed by atoms with Gasteiger partial charge in [-0.2, -0.15) is 0 Å². The van der Waals surface area contributed by atoms with E-state index in [1.807, 2.05) is 0 Å². The van der Waals surface area contributed by atoms with Crippen LogP contribution in [0.1, 0.15) is 16.1 Å². The predicted octanol–water partition coefficient (Wildman–Crippen LogP) is 3.40. The molecular weight excluding hydrogens is 272 g/mol. The summed E-state index contributed by atoms with van der Waals surface area (Å²) in [4.78, 5) is 22.0.